The van der Waals surface area contributed by atoms with Gasteiger partial charge in [-0.25, -0.2) is 0 Å². The van der Waals surface area contributed by atoms with E-state index in [1.54, 1.807) is 0 Å². The third-order valence-electron chi connectivity index (χ3n) is 4.48. The van der Waals surface area contributed by atoms with Crippen molar-refractivity contribution in [1.29, 1.82) is 0 Å². The van der Waals surface area contributed by atoms with Gasteiger partial charge in [0.2, 0.25) is 0 Å². The van der Waals surface area contributed by atoms with E-state index in [1.165, 1.54) is 28.1 Å². The summed E-state index contributed by atoms with van der Waals surface area (Å²) in [5.74, 6) is 1.01. The summed E-state index contributed by atoms with van der Waals surface area (Å²) in [6.45, 7) is 9.93. The summed E-state index contributed by atoms with van der Waals surface area (Å²) in [4.78, 5) is 2.37. The Morgan fingerprint density at radius 1 is 0.826 bits per heavy atom. The van der Waals surface area contributed by atoms with Crippen LogP contribution in [0.1, 0.15) is 56.2 Å². The van der Waals surface area contributed by atoms with Crippen molar-refractivity contribution in [1.82, 2.24) is 5.32 Å². The first kappa shape index (κ1) is 15.7. The summed E-state index contributed by atoms with van der Waals surface area (Å²) >= 11 is 0. The quantitative estimate of drug-likeness (QED) is 0.824. The number of anilines is 1. The zero-order valence-electron chi connectivity index (χ0n) is 14.5. The fourth-order valence-electron chi connectivity index (χ4n) is 3.29. The molecule has 120 valence electrons. The summed E-state index contributed by atoms with van der Waals surface area (Å²) < 4.78 is 0. The zero-order valence-corrected chi connectivity index (χ0v) is 14.5. The molecule has 0 saturated heterocycles. The predicted octanol–water partition coefficient (Wildman–Crippen LogP) is 5.30. The molecule has 2 aromatic rings. The zero-order chi connectivity index (χ0) is 16.4. The summed E-state index contributed by atoms with van der Waals surface area (Å²) in [6.07, 6.45) is 2.17. The molecular weight excluding hydrogens is 280 g/mol. The summed E-state index contributed by atoms with van der Waals surface area (Å²) in [7, 11) is 0. The topological polar surface area (TPSA) is 15.3 Å². The number of benzene rings is 2. The lowest BCUT2D eigenvalue weighted by atomic mass is 9.87. The number of rotatable bonds is 4. The molecule has 0 spiro atoms. The molecule has 2 aromatic carbocycles. The van der Waals surface area contributed by atoms with Crippen LogP contribution in [0, 0.1) is 0 Å². The predicted molar refractivity (Wildman–Crippen MR) is 99.5 cm³/mol. The van der Waals surface area contributed by atoms with Crippen molar-refractivity contribution in [2.45, 2.75) is 39.5 Å². The highest BCUT2D eigenvalue weighted by molar-refractivity contribution is 5.84. The lowest BCUT2D eigenvalue weighted by molar-refractivity contribution is 0.823. The highest BCUT2D eigenvalue weighted by Gasteiger charge is 2.24. The molecular formula is C21H26N2. The second-order valence-electron chi connectivity index (χ2n) is 6.78. The monoisotopic (exact) mass is 306 g/mol. The van der Waals surface area contributed by atoms with Crippen molar-refractivity contribution in [3.05, 3.63) is 71.4 Å². The minimum absolute atomic E-state index is 0.503. The Morgan fingerprint density at radius 2 is 1.43 bits per heavy atom. The Hall–Kier alpha value is -2.22. The third-order valence-corrected chi connectivity index (χ3v) is 4.48. The number of para-hydroxylation sites is 1. The third kappa shape index (κ3) is 2.98. The van der Waals surface area contributed by atoms with Crippen molar-refractivity contribution in [3.8, 4) is 0 Å². The molecule has 0 radical (unpaired) electrons. The average molecular weight is 306 g/mol. The van der Waals surface area contributed by atoms with Gasteiger partial charge in [-0.15, -0.1) is 0 Å². The van der Waals surface area contributed by atoms with E-state index in [0.717, 1.165) is 6.67 Å². The maximum Gasteiger partial charge on any atom is 0.0922 e. The van der Waals surface area contributed by atoms with Crippen LogP contribution in [-0.4, -0.2) is 6.67 Å². The average Bonchev–Trinajstić information content (AvgIpc) is 3.04. The number of hydrogen-bond acceptors (Lipinski definition) is 2. The van der Waals surface area contributed by atoms with Crippen LogP contribution >= 0.6 is 0 Å². The van der Waals surface area contributed by atoms with Crippen LogP contribution in [-0.2, 0) is 0 Å². The van der Waals surface area contributed by atoms with Gasteiger partial charge in [0.15, 0.2) is 0 Å². The molecule has 1 aliphatic heterocycles. The maximum absolute atomic E-state index is 3.42. The van der Waals surface area contributed by atoms with Crippen LogP contribution in [0.25, 0.3) is 5.70 Å². The van der Waals surface area contributed by atoms with Gasteiger partial charge in [-0.1, -0.05) is 64.1 Å². The van der Waals surface area contributed by atoms with Gasteiger partial charge in [0.25, 0.3) is 0 Å². The molecule has 0 aromatic heterocycles. The molecule has 0 saturated carbocycles. The fraction of sp³-hybridized carbons (Fsp3) is 0.333. The van der Waals surface area contributed by atoms with Crippen LogP contribution in [0.15, 0.2) is 54.7 Å². The Labute approximate surface area is 139 Å². The van der Waals surface area contributed by atoms with E-state index >= 15 is 0 Å². The van der Waals surface area contributed by atoms with E-state index in [9.17, 15) is 0 Å². The van der Waals surface area contributed by atoms with Gasteiger partial charge in [0.05, 0.1) is 12.4 Å². The van der Waals surface area contributed by atoms with Gasteiger partial charge < -0.3 is 10.2 Å². The molecule has 0 amide bonds. The first-order valence-corrected chi connectivity index (χ1v) is 8.49. The summed E-state index contributed by atoms with van der Waals surface area (Å²) in [5.41, 5.74) is 6.76. The Bertz CT molecular complexity index is 673. The molecule has 0 fully saturated rings. The molecule has 3 rings (SSSR count). The van der Waals surface area contributed by atoms with Crippen molar-refractivity contribution in [3.63, 3.8) is 0 Å². The van der Waals surface area contributed by atoms with Crippen molar-refractivity contribution in [2.75, 3.05) is 11.6 Å². The van der Waals surface area contributed by atoms with Crippen LogP contribution in [0.4, 0.5) is 5.69 Å². The molecule has 0 bridgehead atoms. The van der Waals surface area contributed by atoms with E-state index in [4.69, 9.17) is 0 Å². The van der Waals surface area contributed by atoms with Gasteiger partial charge in [-0.05, 0) is 35.1 Å². The van der Waals surface area contributed by atoms with E-state index in [-0.39, 0.29) is 0 Å². The molecule has 2 nitrogen and oxygen atoms in total. The van der Waals surface area contributed by atoms with Gasteiger partial charge in [-0.2, -0.15) is 0 Å². The molecule has 1 heterocycles. The van der Waals surface area contributed by atoms with Gasteiger partial charge in [-0.3, -0.25) is 0 Å². The van der Waals surface area contributed by atoms with Gasteiger partial charge in [0.1, 0.15) is 0 Å². The van der Waals surface area contributed by atoms with Crippen molar-refractivity contribution in [2.24, 2.45) is 0 Å². The Kier molecular flexibility index (Phi) is 4.42. The van der Waals surface area contributed by atoms with Crippen LogP contribution in [0.2, 0.25) is 0 Å². The number of nitrogens with one attached hydrogen (secondary N) is 1. The summed E-state index contributed by atoms with van der Waals surface area (Å²) in [5, 5.41) is 3.42. The lowest BCUT2D eigenvalue weighted by Crippen LogP contribution is -2.23. The lowest BCUT2D eigenvalue weighted by Gasteiger charge is -2.27. The van der Waals surface area contributed by atoms with Gasteiger partial charge in [0, 0.05) is 17.5 Å². The van der Waals surface area contributed by atoms with E-state index in [1.807, 2.05) is 0 Å². The molecule has 2 heteroatoms. The minimum Gasteiger partial charge on any atom is -0.372 e. The fourth-order valence-corrected chi connectivity index (χ4v) is 3.29. The van der Waals surface area contributed by atoms with E-state index < -0.39 is 0 Å². The molecule has 1 N–H and O–H groups in total. The first-order chi connectivity index (χ1) is 11.1. The molecule has 0 unspecified atom stereocenters. The SMILES string of the molecule is CC(C)c1cccc(C(C)C)c1C1=CNCN1c1ccccc1. The molecule has 23 heavy (non-hydrogen) atoms. The molecule has 0 atom stereocenters. The second kappa shape index (κ2) is 6.49. The van der Waals surface area contributed by atoms with Gasteiger partial charge >= 0.3 is 0 Å². The second-order valence-corrected chi connectivity index (χ2v) is 6.78. The summed E-state index contributed by atoms with van der Waals surface area (Å²) in [6, 6.07) is 17.4. The van der Waals surface area contributed by atoms with Crippen LogP contribution in [0.3, 0.4) is 0 Å². The normalized spacial score (nSPS) is 14.3. The Morgan fingerprint density at radius 3 is 2.00 bits per heavy atom. The molecule has 1 aliphatic rings. The van der Waals surface area contributed by atoms with Crippen molar-refractivity contribution < 1.29 is 0 Å². The van der Waals surface area contributed by atoms with Crippen LogP contribution < -0.4 is 10.2 Å². The number of hydrogen-bond donors (Lipinski definition) is 1. The van der Waals surface area contributed by atoms with E-state index in [2.05, 4.69) is 92.6 Å². The highest BCUT2D eigenvalue weighted by atomic mass is 15.3. The minimum atomic E-state index is 0.503. The van der Waals surface area contributed by atoms with Crippen LogP contribution in [0.5, 0.6) is 0 Å². The largest absolute Gasteiger partial charge is 0.372 e. The molecule has 0 aliphatic carbocycles. The Balaban J connectivity index is 2.13. The first-order valence-electron chi connectivity index (χ1n) is 8.49. The number of nitrogens with zero attached hydrogens (tertiary/aromatic N) is 1. The highest BCUT2D eigenvalue weighted by Crippen LogP contribution is 2.37. The standard InChI is InChI=1S/C21H26N2/c1-15(2)18-11-8-12-19(16(3)4)21(18)20-13-22-14-23(20)17-9-6-5-7-10-17/h5-13,15-16,22H,14H2,1-4H3. The smallest absolute Gasteiger partial charge is 0.0922 e. The van der Waals surface area contributed by atoms with E-state index in [0.29, 0.717) is 11.8 Å². The maximum atomic E-state index is 3.42. The van der Waals surface area contributed by atoms with Crippen molar-refractivity contribution >= 4 is 11.4 Å².